The third-order valence-corrected chi connectivity index (χ3v) is 2.04. The zero-order valence-electron chi connectivity index (χ0n) is 4.64. The van der Waals surface area contributed by atoms with E-state index in [0.717, 1.165) is 0 Å². The van der Waals surface area contributed by atoms with Gasteiger partial charge in [-0.2, -0.15) is 0 Å². The minimum absolute atomic E-state index is 1.39. The van der Waals surface area contributed by atoms with Crippen LogP contribution in [-0.4, -0.2) is 20.0 Å². The summed E-state index contributed by atoms with van der Waals surface area (Å²) in [6.07, 6.45) is 1.82. The van der Waals surface area contributed by atoms with Gasteiger partial charge in [0, 0.05) is 6.26 Å². The second-order valence-electron chi connectivity index (χ2n) is 1.27. The molecule has 44 valence electrons. The van der Waals surface area contributed by atoms with Gasteiger partial charge in [-0.3, -0.25) is 9.86 Å². The monoisotopic (exact) mass is 121 g/mol. The van der Waals surface area contributed by atoms with E-state index in [0.29, 0.717) is 0 Å². The van der Waals surface area contributed by atoms with Gasteiger partial charge in [0.25, 0.3) is 0 Å². The third kappa shape index (κ3) is 2.61. The second kappa shape index (κ2) is 2.30. The lowest BCUT2D eigenvalue weighted by Gasteiger charge is -2.22. The summed E-state index contributed by atoms with van der Waals surface area (Å²) < 4.78 is 6.46. The van der Waals surface area contributed by atoms with Crippen LogP contribution in [0.2, 0.25) is 0 Å². The summed E-state index contributed by atoms with van der Waals surface area (Å²) in [4.78, 5) is 0. The molecule has 0 radical (unpaired) electrons. The van der Waals surface area contributed by atoms with E-state index in [1.54, 1.807) is 7.05 Å². The lowest BCUT2D eigenvalue weighted by atomic mass is 11.6. The summed E-state index contributed by atoms with van der Waals surface area (Å²) in [6.45, 7) is 3.30. The molecule has 0 aliphatic rings. The molecule has 0 aliphatic heterocycles. The molecule has 0 saturated carbocycles. The largest absolute Gasteiger partial charge is 0.267 e. The van der Waals surface area contributed by atoms with Gasteiger partial charge in [0.15, 0.2) is 0 Å². The molecule has 4 heteroatoms. The van der Waals surface area contributed by atoms with Gasteiger partial charge in [0.05, 0.1) is 0 Å². The average molecular weight is 121 g/mol. The highest BCUT2D eigenvalue weighted by Crippen LogP contribution is 2.27. The first kappa shape index (κ1) is 6.94. The van der Waals surface area contributed by atoms with E-state index < -0.39 is 10.6 Å². The number of hydrogen-bond acceptors (Lipinski definition) is 3. The maximum atomic E-state index is 5.46. The van der Waals surface area contributed by atoms with E-state index in [2.05, 4.69) is 15.8 Å². The van der Waals surface area contributed by atoms with Crippen molar-refractivity contribution in [2.75, 3.05) is 13.3 Å². The maximum absolute atomic E-state index is 5.46. The van der Waals surface area contributed by atoms with Crippen molar-refractivity contribution in [3.8, 4) is 0 Å². The molecular weight excluding hydrogens is 110 g/mol. The van der Waals surface area contributed by atoms with Crippen LogP contribution in [-0.2, 0) is 0 Å². The minimum Gasteiger partial charge on any atom is -0.267 e. The number of nitrogens with zero attached hydrogens (tertiary/aromatic N) is 1. The lowest BCUT2D eigenvalue weighted by Crippen LogP contribution is -2.19. The molecule has 7 heavy (non-hydrogen) atoms. The number of nitrogens with two attached hydrogens (primary N) is 1. The number of hydrogen-bond donors (Lipinski definition) is 2. The molecular formula is C3H11N3S. The Morgan fingerprint density at radius 3 is 2.29 bits per heavy atom. The normalized spacial score (nSPS) is 22.7. The van der Waals surface area contributed by atoms with Crippen LogP contribution in [0.3, 0.4) is 0 Å². The van der Waals surface area contributed by atoms with Crippen molar-refractivity contribution in [2.24, 2.45) is 9.54 Å². The molecule has 0 aromatic carbocycles. The van der Waals surface area contributed by atoms with Crippen molar-refractivity contribution in [3.63, 3.8) is 0 Å². The first-order valence-corrected chi connectivity index (χ1v) is 3.91. The van der Waals surface area contributed by atoms with E-state index in [1.807, 2.05) is 6.26 Å². The Labute approximate surface area is 45.7 Å². The highest BCUT2D eigenvalue weighted by atomic mass is 32.3. The molecule has 0 aromatic heterocycles. The Hall–Kier alpha value is -0.0600. The first-order chi connectivity index (χ1) is 3.12. The SMILES string of the molecule is C=NS(C)(N)NC. The van der Waals surface area contributed by atoms with Gasteiger partial charge in [-0.1, -0.05) is 0 Å². The summed E-state index contributed by atoms with van der Waals surface area (Å²) in [7, 11) is 0.374. The van der Waals surface area contributed by atoms with Crippen LogP contribution in [0.25, 0.3) is 0 Å². The van der Waals surface area contributed by atoms with Gasteiger partial charge < -0.3 is 0 Å². The fourth-order valence-electron chi connectivity index (χ4n) is 0.0645. The van der Waals surface area contributed by atoms with Crippen molar-refractivity contribution in [1.29, 1.82) is 0 Å². The summed E-state index contributed by atoms with van der Waals surface area (Å²) in [5.74, 6) is 0. The third-order valence-electron chi connectivity index (χ3n) is 0.681. The van der Waals surface area contributed by atoms with Gasteiger partial charge in [-0.05, 0) is 24.4 Å². The first-order valence-electron chi connectivity index (χ1n) is 1.85. The van der Waals surface area contributed by atoms with E-state index in [1.165, 1.54) is 0 Å². The van der Waals surface area contributed by atoms with Crippen molar-refractivity contribution in [3.05, 3.63) is 0 Å². The molecule has 1 unspecified atom stereocenters. The van der Waals surface area contributed by atoms with E-state index in [4.69, 9.17) is 5.14 Å². The Kier molecular flexibility index (Phi) is 2.28. The summed E-state index contributed by atoms with van der Waals surface area (Å²) in [5, 5.41) is 5.46. The Bertz CT molecular complexity index is 70.6. The van der Waals surface area contributed by atoms with E-state index in [-0.39, 0.29) is 0 Å². The van der Waals surface area contributed by atoms with Gasteiger partial charge in [0.2, 0.25) is 0 Å². The molecule has 0 fully saturated rings. The molecule has 0 aliphatic carbocycles. The van der Waals surface area contributed by atoms with E-state index in [9.17, 15) is 0 Å². The van der Waals surface area contributed by atoms with Crippen LogP contribution in [0.15, 0.2) is 4.40 Å². The van der Waals surface area contributed by atoms with Crippen molar-refractivity contribution in [2.45, 2.75) is 0 Å². The van der Waals surface area contributed by atoms with Gasteiger partial charge >= 0.3 is 0 Å². The fourth-order valence-corrected chi connectivity index (χ4v) is 0.194. The van der Waals surface area contributed by atoms with Crippen molar-refractivity contribution < 1.29 is 0 Å². The number of rotatable bonds is 2. The van der Waals surface area contributed by atoms with Gasteiger partial charge in [-0.15, -0.1) is 0 Å². The molecule has 0 heterocycles. The summed E-state index contributed by atoms with van der Waals surface area (Å²) in [6, 6.07) is 0. The highest BCUT2D eigenvalue weighted by molar-refractivity contribution is 8.28. The Morgan fingerprint density at radius 1 is 1.86 bits per heavy atom. The molecule has 0 bridgehead atoms. The lowest BCUT2D eigenvalue weighted by molar-refractivity contribution is 1.24. The van der Waals surface area contributed by atoms with Crippen LogP contribution >= 0.6 is 10.6 Å². The zero-order valence-corrected chi connectivity index (χ0v) is 5.46. The standard InChI is InChI=1S/C3H11N3S/c1-5-7(3,4)6-2/h6H,1,4H2,2-3H3. The van der Waals surface area contributed by atoms with Crippen LogP contribution in [0.1, 0.15) is 0 Å². The van der Waals surface area contributed by atoms with Gasteiger partial charge in [-0.25, -0.2) is 4.40 Å². The van der Waals surface area contributed by atoms with Crippen LogP contribution in [0, 0.1) is 0 Å². The maximum Gasteiger partial charge on any atom is 0.00906 e. The predicted molar refractivity (Wildman–Crippen MR) is 36.3 cm³/mol. The topological polar surface area (TPSA) is 50.4 Å². The molecule has 0 amide bonds. The van der Waals surface area contributed by atoms with Crippen molar-refractivity contribution in [1.82, 2.24) is 4.72 Å². The second-order valence-corrected chi connectivity index (χ2v) is 3.81. The molecule has 0 spiro atoms. The van der Waals surface area contributed by atoms with Gasteiger partial charge in [0.1, 0.15) is 0 Å². The Balaban J connectivity index is 3.58. The summed E-state index contributed by atoms with van der Waals surface area (Å²) in [5.41, 5.74) is 0. The van der Waals surface area contributed by atoms with Crippen LogP contribution in [0.4, 0.5) is 0 Å². The molecule has 0 rings (SSSR count). The molecule has 3 N–H and O–H groups in total. The van der Waals surface area contributed by atoms with Crippen molar-refractivity contribution >= 4 is 17.3 Å². The Morgan fingerprint density at radius 2 is 2.29 bits per heavy atom. The highest BCUT2D eigenvalue weighted by Gasteiger charge is 1.99. The minimum atomic E-state index is -1.39. The van der Waals surface area contributed by atoms with E-state index >= 15 is 0 Å². The summed E-state index contributed by atoms with van der Waals surface area (Å²) >= 11 is 0. The predicted octanol–water partition coefficient (Wildman–Crippen LogP) is 0.0445. The molecule has 0 saturated heterocycles. The molecule has 0 aromatic rings. The number of nitrogens with one attached hydrogen (secondary N) is 1. The van der Waals surface area contributed by atoms with Crippen LogP contribution in [0.5, 0.6) is 0 Å². The molecule has 1 atom stereocenters. The fraction of sp³-hybridized carbons (Fsp3) is 0.667. The smallest absolute Gasteiger partial charge is 0.00906 e. The average Bonchev–Trinajstić information content (AvgIpc) is 1.68. The molecule has 3 nitrogen and oxygen atoms in total. The van der Waals surface area contributed by atoms with Crippen LogP contribution < -0.4 is 9.86 Å². The quantitative estimate of drug-likeness (QED) is 0.507. The zero-order chi connectivity index (χ0) is 5.91.